The number of rotatable bonds is 1. The van der Waals surface area contributed by atoms with E-state index in [2.05, 4.69) is 5.73 Å². The zero-order valence-electron chi connectivity index (χ0n) is 6.02. The Hall–Kier alpha value is -0.890. The quantitative estimate of drug-likeness (QED) is 0.599. The van der Waals surface area contributed by atoms with Crippen LogP contribution in [-0.2, 0) is 6.54 Å². The molecule has 0 saturated carbocycles. The lowest BCUT2D eigenvalue weighted by molar-refractivity contribution is -0.386. The summed E-state index contributed by atoms with van der Waals surface area (Å²) in [6.45, 7) is 2.61. The van der Waals surface area contributed by atoms with Crippen molar-refractivity contribution in [2.75, 3.05) is 0 Å². The van der Waals surface area contributed by atoms with E-state index >= 15 is 0 Å². The fourth-order valence-electron chi connectivity index (χ4n) is 0.909. The minimum atomic E-state index is -0.177. The van der Waals surface area contributed by atoms with E-state index in [4.69, 9.17) is 0 Å². The van der Waals surface area contributed by atoms with E-state index in [1.54, 1.807) is 6.07 Å². The first kappa shape index (κ1) is 7.22. The molecule has 0 radical (unpaired) electrons. The van der Waals surface area contributed by atoms with Crippen molar-refractivity contribution in [1.29, 1.82) is 0 Å². The summed E-state index contributed by atoms with van der Waals surface area (Å²) in [6.07, 6.45) is 0. The standard InChI is InChI=1S/C8H10FN/c1-6-2-3-8(9)4-7(6)5-10/h2-4H,5,10H2,1H3/p+1. The van der Waals surface area contributed by atoms with Gasteiger partial charge in [-0.2, -0.15) is 0 Å². The molecule has 0 fully saturated rings. The van der Waals surface area contributed by atoms with Gasteiger partial charge in [-0.25, -0.2) is 4.39 Å². The molecular formula is C8H11FN+. The number of aryl methyl sites for hydroxylation is 1. The second-order valence-electron chi connectivity index (χ2n) is 2.32. The molecule has 10 heavy (non-hydrogen) atoms. The molecule has 0 spiro atoms. The van der Waals surface area contributed by atoms with E-state index in [-0.39, 0.29) is 5.82 Å². The lowest BCUT2D eigenvalue weighted by atomic mass is 10.1. The Balaban J connectivity index is 3.09. The number of hydrogen-bond acceptors (Lipinski definition) is 0. The molecule has 54 valence electrons. The molecule has 1 aromatic rings. The molecule has 1 nitrogen and oxygen atoms in total. The number of benzene rings is 1. The lowest BCUT2D eigenvalue weighted by Crippen LogP contribution is -2.47. The average molecular weight is 140 g/mol. The summed E-state index contributed by atoms with van der Waals surface area (Å²) in [7, 11) is 0. The molecule has 0 atom stereocenters. The van der Waals surface area contributed by atoms with Crippen molar-refractivity contribution < 1.29 is 10.1 Å². The normalized spacial score (nSPS) is 9.90. The SMILES string of the molecule is Cc1ccc(F)cc1C[NH3+]. The van der Waals surface area contributed by atoms with Crippen LogP contribution in [0.4, 0.5) is 4.39 Å². The lowest BCUT2D eigenvalue weighted by Gasteiger charge is -1.98. The van der Waals surface area contributed by atoms with Crippen molar-refractivity contribution in [1.82, 2.24) is 0 Å². The second-order valence-corrected chi connectivity index (χ2v) is 2.32. The Morgan fingerprint density at radius 2 is 2.20 bits per heavy atom. The summed E-state index contributed by atoms with van der Waals surface area (Å²) >= 11 is 0. The highest BCUT2D eigenvalue weighted by Gasteiger charge is 1.97. The van der Waals surface area contributed by atoms with Gasteiger partial charge in [0, 0.05) is 5.56 Å². The van der Waals surface area contributed by atoms with Crippen LogP contribution >= 0.6 is 0 Å². The maximum Gasteiger partial charge on any atom is 0.123 e. The van der Waals surface area contributed by atoms with Crippen LogP contribution < -0.4 is 5.73 Å². The fourth-order valence-corrected chi connectivity index (χ4v) is 0.909. The Morgan fingerprint density at radius 1 is 1.50 bits per heavy atom. The third-order valence-electron chi connectivity index (χ3n) is 1.58. The highest BCUT2D eigenvalue weighted by Crippen LogP contribution is 2.07. The van der Waals surface area contributed by atoms with Crippen LogP contribution in [-0.4, -0.2) is 0 Å². The van der Waals surface area contributed by atoms with E-state index in [0.29, 0.717) is 6.54 Å². The van der Waals surface area contributed by atoms with Crippen LogP contribution in [0.2, 0.25) is 0 Å². The highest BCUT2D eigenvalue weighted by molar-refractivity contribution is 5.25. The summed E-state index contributed by atoms with van der Waals surface area (Å²) in [5.74, 6) is -0.177. The van der Waals surface area contributed by atoms with Crippen molar-refractivity contribution in [2.45, 2.75) is 13.5 Å². The maximum absolute atomic E-state index is 12.5. The first-order valence-electron chi connectivity index (χ1n) is 3.28. The smallest absolute Gasteiger partial charge is 0.123 e. The molecule has 0 saturated heterocycles. The fraction of sp³-hybridized carbons (Fsp3) is 0.250. The topological polar surface area (TPSA) is 27.6 Å². The molecule has 0 aromatic heterocycles. The van der Waals surface area contributed by atoms with Gasteiger partial charge in [0.15, 0.2) is 0 Å². The molecule has 0 bridgehead atoms. The molecule has 1 rings (SSSR count). The van der Waals surface area contributed by atoms with Gasteiger partial charge in [0.05, 0.1) is 0 Å². The first-order chi connectivity index (χ1) is 4.74. The second kappa shape index (κ2) is 2.80. The van der Waals surface area contributed by atoms with Gasteiger partial charge >= 0.3 is 0 Å². The predicted octanol–water partition coefficient (Wildman–Crippen LogP) is 0.876. The van der Waals surface area contributed by atoms with E-state index in [0.717, 1.165) is 11.1 Å². The Bertz CT molecular complexity index is 233. The zero-order chi connectivity index (χ0) is 7.56. The van der Waals surface area contributed by atoms with E-state index in [1.165, 1.54) is 12.1 Å². The summed E-state index contributed by atoms with van der Waals surface area (Å²) in [5.41, 5.74) is 5.79. The third kappa shape index (κ3) is 1.33. The Labute approximate surface area is 59.7 Å². The monoisotopic (exact) mass is 140 g/mol. The van der Waals surface area contributed by atoms with Gasteiger partial charge in [-0.1, -0.05) is 6.07 Å². The van der Waals surface area contributed by atoms with Crippen LogP contribution in [0.25, 0.3) is 0 Å². The molecule has 0 aliphatic rings. The Kier molecular flexibility index (Phi) is 2.02. The molecule has 0 aliphatic carbocycles. The molecule has 3 N–H and O–H groups in total. The summed E-state index contributed by atoms with van der Waals surface area (Å²) in [6, 6.07) is 4.77. The van der Waals surface area contributed by atoms with Crippen LogP contribution in [0, 0.1) is 12.7 Å². The van der Waals surface area contributed by atoms with Crippen molar-refractivity contribution in [2.24, 2.45) is 0 Å². The molecule has 2 heteroatoms. The number of quaternary nitrogens is 1. The summed E-state index contributed by atoms with van der Waals surface area (Å²) in [5, 5.41) is 0. The van der Waals surface area contributed by atoms with E-state index < -0.39 is 0 Å². The predicted molar refractivity (Wildman–Crippen MR) is 37.7 cm³/mol. The van der Waals surface area contributed by atoms with E-state index in [1.807, 2.05) is 6.92 Å². The van der Waals surface area contributed by atoms with Gasteiger partial charge in [-0.15, -0.1) is 0 Å². The van der Waals surface area contributed by atoms with Crippen LogP contribution in [0.15, 0.2) is 18.2 Å². The van der Waals surface area contributed by atoms with Crippen molar-refractivity contribution in [3.05, 3.63) is 35.1 Å². The largest absolute Gasteiger partial charge is 0.354 e. The Morgan fingerprint density at radius 3 is 2.70 bits per heavy atom. The minimum Gasteiger partial charge on any atom is -0.354 e. The maximum atomic E-state index is 12.5. The molecular weight excluding hydrogens is 129 g/mol. The van der Waals surface area contributed by atoms with Crippen LogP contribution in [0.3, 0.4) is 0 Å². The zero-order valence-corrected chi connectivity index (χ0v) is 6.02. The van der Waals surface area contributed by atoms with Crippen LogP contribution in [0.5, 0.6) is 0 Å². The van der Waals surface area contributed by atoms with Gasteiger partial charge < -0.3 is 5.73 Å². The van der Waals surface area contributed by atoms with Crippen molar-refractivity contribution >= 4 is 0 Å². The molecule has 0 aliphatic heterocycles. The van der Waals surface area contributed by atoms with E-state index in [9.17, 15) is 4.39 Å². The average Bonchev–Trinajstić information content (AvgIpc) is 1.94. The van der Waals surface area contributed by atoms with Gasteiger partial charge in [0.25, 0.3) is 0 Å². The minimum absolute atomic E-state index is 0.177. The van der Waals surface area contributed by atoms with Gasteiger partial charge in [0.1, 0.15) is 12.4 Å². The van der Waals surface area contributed by atoms with Gasteiger partial charge in [0.2, 0.25) is 0 Å². The first-order valence-corrected chi connectivity index (χ1v) is 3.28. The summed E-state index contributed by atoms with van der Waals surface area (Å²) in [4.78, 5) is 0. The van der Waals surface area contributed by atoms with Crippen molar-refractivity contribution in [3.8, 4) is 0 Å². The third-order valence-corrected chi connectivity index (χ3v) is 1.58. The molecule has 0 amide bonds. The molecule has 0 heterocycles. The van der Waals surface area contributed by atoms with Crippen LogP contribution in [0.1, 0.15) is 11.1 Å². The van der Waals surface area contributed by atoms with Gasteiger partial charge in [-0.3, -0.25) is 0 Å². The number of halogens is 1. The molecule has 1 aromatic carbocycles. The van der Waals surface area contributed by atoms with Crippen molar-refractivity contribution in [3.63, 3.8) is 0 Å². The molecule has 0 unspecified atom stereocenters. The number of hydrogen-bond donors (Lipinski definition) is 1. The highest BCUT2D eigenvalue weighted by atomic mass is 19.1. The van der Waals surface area contributed by atoms with Gasteiger partial charge in [-0.05, 0) is 24.6 Å². The summed E-state index contributed by atoms with van der Waals surface area (Å²) < 4.78 is 12.5.